The largest absolute Gasteiger partial charge is 0.480 e. The molecule has 3 unspecified atom stereocenters. The number of nitrogens with zero attached hydrogens (tertiary/aromatic N) is 2. The van der Waals surface area contributed by atoms with Crippen LogP contribution in [0, 0.1) is 5.92 Å². The average Bonchev–Trinajstić information content (AvgIpc) is 2.64. The minimum absolute atomic E-state index is 0.116. The number of piperidine rings is 1. The smallest absolute Gasteiger partial charge is 0.320 e. The predicted octanol–water partition coefficient (Wildman–Crippen LogP) is 0.319. The second-order valence-electron chi connectivity index (χ2n) is 5.42. The van der Waals surface area contributed by atoms with Gasteiger partial charge >= 0.3 is 5.97 Å². The molecular formula is C13H20N2O4. The van der Waals surface area contributed by atoms with Crippen LogP contribution in [0.4, 0.5) is 0 Å². The molecule has 2 aliphatic rings. The van der Waals surface area contributed by atoms with Gasteiger partial charge in [-0.2, -0.15) is 0 Å². The van der Waals surface area contributed by atoms with Crippen LogP contribution in [0.25, 0.3) is 0 Å². The van der Waals surface area contributed by atoms with Crippen LogP contribution in [0.2, 0.25) is 0 Å². The van der Waals surface area contributed by atoms with E-state index in [1.165, 1.54) is 4.90 Å². The van der Waals surface area contributed by atoms with Crippen molar-refractivity contribution in [2.45, 2.75) is 45.2 Å². The SMILES string of the molecule is CCN1C(=O)CC(N2CCC(C)CC2C(=O)O)C1=O. The van der Waals surface area contributed by atoms with E-state index in [2.05, 4.69) is 0 Å². The molecule has 0 saturated carbocycles. The zero-order valence-corrected chi connectivity index (χ0v) is 11.3. The van der Waals surface area contributed by atoms with Crippen molar-refractivity contribution >= 4 is 17.8 Å². The van der Waals surface area contributed by atoms with Crippen molar-refractivity contribution in [1.82, 2.24) is 9.80 Å². The molecule has 2 rings (SSSR count). The van der Waals surface area contributed by atoms with E-state index >= 15 is 0 Å². The van der Waals surface area contributed by atoms with Crippen LogP contribution in [0.3, 0.4) is 0 Å². The molecule has 0 radical (unpaired) electrons. The molecule has 0 aromatic rings. The number of rotatable bonds is 3. The van der Waals surface area contributed by atoms with Crippen LogP contribution in [0.1, 0.15) is 33.1 Å². The van der Waals surface area contributed by atoms with E-state index in [9.17, 15) is 19.5 Å². The summed E-state index contributed by atoms with van der Waals surface area (Å²) in [6, 6.07) is -1.23. The minimum Gasteiger partial charge on any atom is -0.480 e. The third-order valence-corrected chi connectivity index (χ3v) is 4.13. The number of carboxylic acid groups (broad SMARTS) is 1. The highest BCUT2D eigenvalue weighted by atomic mass is 16.4. The van der Waals surface area contributed by atoms with Gasteiger partial charge in [0.2, 0.25) is 11.8 Å². The molecule has 0 bridgehead atoms. The van der Waals surface area contributed by atoms with Gasteiger partial charge in [-0.1, -0.05) is 6.92 Å². The highest BCUT2D eigenvalue weighted by Crippen LogP contribution is 2.29. The molecule has 3 atom stereocenters. The van der Waals surface area contributed by atoms with Gasteiger partial charge < -0.3 is 5.11 Å². The van der Waals surface area contributed by atoms with Crippen LogP contribution >= 0.6 is 0 Å². The maximum absolute atomic E-state index is 12.2. The lowest BCUT2D eigenvalue weighted by molar-refractivity contribution is -0.148. The van der Waals surface area contributed by atoms with Crippen molar-refractivity contribution in [2.75, 3.05) is 13.1 Å². The van der Waals surface area contributed by atoms with E-state index in [1.807, 2.05) is 6.92 Å². The third kappa shape index (κ3) is 2.49. The number of imide groups is 1. The fourth-order valence-corrected chi connectivity index (χ4v) is 3.03. The van der Waals surface area contributed by atoms with Gasteiger partial charge in [0, 0.05) is 13.1 Å². The van der Waals surface area contributed by atoms with Gasteiger partial charge in [-0.15, -0.1) is 0 Å². The number of aliphatic carboxylic acids is 1. The number of likely N-dealkylation sites (N-methyl/N-ethyl adjacent to an activating group) is 1. The van der Waals surface area contributed by atoms with Crippen LogP contribution in [-0.2, 0) is 14.4 Å². The van der Waals surface area contributed by atoms with Crippen LogP contribution in [0.15, 0.2) is 0 Å². The molecule has 0 aromatic heterocycles. The van der Waals surface area contributed by atoms with Gasteiger partial charge in [0.05, 0.1) is 12.5 Å². The van der Waals surface area contributed by atoms with Crippen LogP contribution in [0.5, 0.6) is 0 Å². The number of hydrogen-bond donors (Lipinski definition) is 1. The summed E-state index contributed by atoms with van der Waals surface area (Å²) in [5.74, 6) is -0.998. The topological polar surface area (TPSA) is 77.9 Å². The molecule has 2 aliphatic heterocycles. The number of carbonyl (C=O) groups excluding carboxylic acids is 2. The lowest BCUT2D eigenvalue weighted by Gasteiger charge is -2.38. The Hall–Kier alpha value is -1.43. The zero-order chi connectivity index (χ0) is 14.2. The molecule has 2 saturated heterocycles. The summed E-state index contributed by atoms with van der Waals surface area (Å²) in [7, 11) is 0. The molecular weight excluding hydrogens is 248 g/mol. The van der Waals surface area contributed by atoms with Crippen molar-refractivity contribution < 1.29 is 19.5 Å². The average molecular weight is 268 g/mol. The lowest BCUT2D eigenvalue weighted by Crippen LogP contribution is -2.54. The van der Waals surface area contributed by atoms with Gasteiger partial charge in [0.25, 0.3) is 0 Å². The fourth-order valence-electron chi connectivity index (χ4n) is 3.03. The van der Waals surface area contributed by atoms with Gasteiger partial charge in [-0.05, 0) is 25.7 Å². The van der Waals surface area contributed by atoms with E-state index in [4.69, 9.17) is 0 Å². The van der Waals surface area contributed by atoms with Crippen LogP contribution < -0.4 is 0 Å². The highest BCUT2D eigenvalue weighted by Gasteiger charge is 2.46. The summed E-state index contributed by atoms with van der Waals surface area (Å²) in [4.78, 5) is 38.2. The Kier molecular flexibility index (Phi) is 3.89. The summed E-state index contributed by atoms with van der Waals surface area (Å²) in [5.41, 5.74) is 0. The van der Waals surface area contributed by atoms with E-state index in [0.29, 0.717) is 25.4 Å². The lowest BCUT2D eigenvalue weighted by atomic mass is 9.91. The molecule has 19 heavy (non-hydrogen) atoms. The quantitative estimate of drug-likeness (QED) is 0.746. The first-order valence-corrected chi connectivity index (χ1v) is 6.78. The molecule has 106 valence electrons. The van der Waals surface area contributed by atoms with Gasteiger partial charge in [-0.25, -0.2) is 0 Å². The summed E-state index contributed by atoms with van der Waals surface area (Å²) in [6.45, 7) is 4.70. The number of likely N-dealkylation sites (tertiary alicyclic amines) is 2. The maximum Gasteiger partial charge on any atom is 0.320 e. The summed E-state index contributed by atoms with van der Waals surface area (Å²) >= 11 is 0. The molecule has 2 fully saturated rings. The predicted molar refractivity (Wildman–Crippen MR) is 67.3 cm³/mol. The number of amides is 2. The molecule has 0 aromatic carbocycles. The summed E-state index contributed by atoms with van der Waals surface area (Å²) in [6.07, 6.45) is 1.53. The summed E-state index contributed by atoms with van der Waals surface area (Å²) < 4.78 is 0. The van der Waals surface area contributed by atoms with Crippen LogP contribution in [-0.4, -0.2) is 57.9 Å². The second-order valence-corrected chi connectivity index (χ2v) is 5.42. The monoisotopic (exact) mass is 268 g/mol. The Bertz CT molecular complexity index is 409. The second kappa shape index (κ2) is 5.28. The van der Waals surface area contributed by atoms with Crippen molar-refractivity contribution in [3.8, 4) is 0 Å². The molecule has 0 aliphatic carbocycles. The van der Waals surface area contributed by atoms with Gasteiger partial charge in [-0.3, -0.25) is 24.2 Å². The Morgan fingerprint density at radius 1 is 1.42 bits per heavy atom. The van der Waals surface area contributed by atoms with E-state index in [0.717, 1.165) is 6.42 Å². The molecule has 6 heteroatoms. The van der Waals surface area contributed by atoms with Crippen molar-refractivity contribution in [3.05, 3.63) is 0 Å². The molecule has 1 N–H and O–H groups in total. The third-order valence-electron chi connectivity index (χ3n) is 4.13. The van der Waals surface area contributed by atoms with E-state index < -0.39 is 18.1 Å². The Morgan fingerprint density at radius 3 is 2.63 bits per heavy atom. The zero-order valence-electron chi connectivity index (χ0n) is 11.3. The van der Waals surface area contributed by atoms with Crippen molar-refractivity contribution in [3.63, 3.8) is 0 Å². The molecule has 2 heterocycles. The van der Waals surface area contributed by atoms with Gasteiger partial charge in [0.15, 0.2) is 0 Å². The fraction of sp³-hybridized carbons (Fsp3) is 0.769. The molecule has 0 spiro atoms. The highest BCUT2D eigenvalue weighted by molar-refractivity contribution is 6.05. The molecule has 6 nitrogen and oxygen atoms in total. The van der Waals surface area contributed by atoms with E-state index in [-0.39, 0.29) is 18.2 Å². The molecule has 2 amide bonds. The maximum atomic E-state index is 12.2. The minimum atomic E-state index is -0.901. The number of carbonyl (C=O) groups is 3. The normalized spacial score (nSPS) is 32.9. The Morgan fingerprint density at radius 2 is 2.11 bits per heavy atom. The van der Waals surface area contributed by atoms with Gasteiger partial charge in [0.1, 0.15) is 6.04 Å². The Labute approximate surface area is 112 Å². The number of carboxylic acids is 1. The Balaban J connectivity index is 2.18. The van der Waals surface area contributed by atoms with E-state index in [1.54, 1.807) is 11.8 Å². The summed E-state index contributed by atoms with van der Waals surface area (Å²) in [5, 5.41) is 9.31. The standard InChI is InChI=1S/C13H20N2O4/c1-3-14-11(16)7-9(12(14)17)15-5-4-8(2)6-10(15)13(18)19/h8-10H,3-7H2,1-2H3,(H,18,19). The number of hydrogen-bond acceptors (Lipinski definition) is 4. The van der Waals surface area contributed by atoms with Crippen molar-refractivity contribution in [2.24, 2.45) is 5.92 Å². The van der Waals surface area contributed by atoms with Crippen molar-refractivity contribution in [1.29, 1.82) is 0 Å². The first-order valence-electron chi connectivity index (χ1n) is 6.78. The first-order chi connectivity index (χ1) is 8.95. The first kappa shape index (κ1) is 14.0.